The molecule has 0 rings (SSSR count). The van der Waals surface area contributed by atoms with Crippen molar-refractivity contribution < 1.29 is 28.6 Å². The van der Waals surface area contributed by atoms with Crippen molar-refractivity contribution in [1.82, 2.24) is 0 Å². The molecule has 0 aromatic rings. The molecule has 0 bridgehead atoms. The fraction of sp³-hybridized carbons (Fsp3) is 0.545. The Hall–Kier alpha value is -1.85. The van der Waals surface area contributed by atoms with Gasteiger partial charge in [0.05, 0.1) is 14.2 Å². The highest BCUT2D eigenvalue weighted by Gasteiger charge is 2.36. The van der Waals surface area contributed by atoms with Crippen LogP contribution in [0.2, 0.25) is 0 Å². The quantitative estimate of drug-likeness (QED) is 0.306. The van der Waals surface area contributed by atoms with E-state index in [0.717, 1.165) is 14.2 Å². The van der Waals surface area contributed by atoms with Gasteiger partial charge in [-0.1, -0.05) is 13.5 Å². The highest BCUT2D eigenvalue weighted by atomic mass is 16.5. The van der Waals surface area contributed by atoms with Gasteiger partial charge in [0.15, 0.2) is 5.92 Å². The first-order chi connectivity index (χ1) is 7.84. The van der Waals surface area contributed by atoms with E-state index in [-0.39, 0.29) is 5.76 Å². The van der Waals surface area contributed by atoms with Gasteiger partial charge in [-0.2, -0.15) is 0 Å². The Balaban J connectivity index is 4.92. The third-order valence-electron chi connectivity index (χ3n) is 2.19. The molecule has 0 fully saturated rings. The van der Waals surface area contributed by atoms with Gasteiger partial charge < -0.3 is 14.2 Å². The lowest BCUT2D eigenvalue weighted by Crippen LogP contribution is -2.33. The largest absolute Gasteiger partial charge is 0.468 e. The molecule has 0 N–H and O–H groups in total. The summed E-state index contributed by atoms with van der Waals surface area (Å²) in [5, 5.41) is 0. The minimum absolute atomic E-state index is 0.0123. The Labute approximate surface area is 99.5 Å². The highest BCUT2D eigenvalue weighted by molar-refractivity contribution is 5.95. The zero-order valence-corrected chi connectivity index (χ0v) is 10.3. The third kappa shape index (κ3) is 4.26. The standard InChI is InChI=1S/C11H16O6/c1-6(7(2)17-8(3)12)9(10(13)15-4)11(14)16-5/h6,9H,2H2,1,3-5H3. The van der Waals surface area contributed by atoms with Crippen molar-refractivity contribution in [3.8, 4) is 0 Å². The first-order valence-electron chi connectivity index (χ1n) is 4.88. The summed E-state index contributed by atoms with van der Waals surface area (Å²) < 4.78 is 13.7. The molecule has 0 aliphatic heterocycles. The van der Waals surface area contributed by atoms with Crippen LogP contribution >= 0.6 is 0 Å². The molecule has 0 radical (unpaired) electrons. The lowest BCUT2D eigenvalue weighted by molar-refractivity contribution is -0.162. The topological polar surface area (TPSA) is 78.9 Å². The van der Waals surface area contributed by atoms with Crippen molar-refractivity contribution in [1.29, 1.82) is 0 Å². The first kappa shape index (κ1) is 15.2. The number of methoxy groups -OCH3 is 2. The van der Waals surface area contributed by atoms with Crippen molar-refractivity contribution in [2.75, 3.05) is 14.2 Å². The molecule has 6 heteroatoms. The normalized spacial score (nSPS) is 11.6. The molecule has 96 valence electrons. The second-order valence-electron chi connectivity index (χ2n) is 3.37. The summed E-state index contributed by atoms with van der Waals surface area (Å²) in [5.41, 5.74) is 0. The predicted molar refractivity (Wildman–Crippen MR) is 57.6 cm³/mol. The average molecular weight is 244 g/mol. The van der Waals surface area contributed by atoms with Gasteiger partial charge in [-0.05, 0) is 0 Å². The van der Waals surface area contributed by atoms with Crippen molar-refractivity contribution in [2.24, 2.45) is 11.8 Å². The summed E-state index contributed by atoms with van der Waals surface area (Å²) in [6.45, 7) is 6.21. The van der Waals surface area contributed by atoms with Gasteiger partial charge in [0.2, 0.25) is 0 Å². The molecule has 17 heavy (non-hydrogen) atoms. The summed E-state index contributed by atoms with van der Waals surface area (Å²) in [7, 11) is 2.30. The van der Waals surface area contributed by atoms with Crippen molar-refractivity contribution >= 4 is 17.9 Å². The van der Waals surface area contributed by atoms with E-state index in [9.17, 15) is 14.4 Å². The van der Waals surface area contributed by atoms with Gasteiger partial charge in [-0.25, -0.2) is 0 Å². The number of hydrogen-bond acceptors (Lipinski definition) is 6. The first-order valence-corrected chi connectivity index (χ1v) is 4.88. The lowest BCUT2D eigenvalue weighted by Gasteiger charge is -2.20. The molecular formula is C11H16O6. The molecule has 0 saturated heterocycles. The van der Waals surface area contributed by atoms with Crippen LogP contribution in [0.15, 0.2) is 12.3 Å². The number of hydrogen-bond donors (Lipinski definition) is 0. The Morgan fingerprint density at radius 3 is 1.76 bits per heavy atom. The van der Waals surface area contributed by atoms with E-state index in [0.29, 0.717) is 0 Å². The monoisotopic (exact) mass is 244 g/mol. The van der Waals surface area contributed by atoms with Crippen LogP contribution in [0.3, 0.4) is 0 Å². The molecule has 0 heterocycles. The second kappa shape index (κ2) is 6.67. The zero-order valence-electron chi connectivity index (χ0n) is 10.3. The molecule has 0 spiro atoms. The average Bonchev–Trinajstić information content (AvgIpc) is 2.27. The van der Waals surface area contributed by atoms with Crippen LogP contribution < -0.4 is 0 Å². The Morgan fingerprint density at radius 2 is 1.47 bits per heavy atom. The van der Waals surface area contributed by atoms with Crippen molar-refractivity contribution in [3.05, 3.63) is 12.3 Å². The van der Waals surface area contributed by atoms with Gasteiger partial charge in [0, 0.05) is 12.8 Å². The Bertz CT molecular complexity index is 317. The van der Waals surface area contributed by atoms with Crippen molar-refractivity contribution in [2.45, 2.75) is 13.8 Å². The Kier molecular flexibility index (Phi) is 5.95. The number of esters is 3. The van der Waals surface area contributed by atoms with E-state index in [1.165, 1.54) is 13.8 Å². The van der Waals surface area contributed by atoms with E-state index in [1.54, 1.807) is 0 Å². The van der Waals surface area contributed by atoms with E-state index >= 15 is 0 Å². The maximum atomic E-state index is 11.4. The molecule has 0 aromatic carbocycles. The van der Waals surface area contributed by atoms with E-state index in [4.69, 9.17) is 4.74 Å². The number of allylic oxidation sites excluding steroid dienone is 1. The molecule has 0 amide bonds. The molecule has 6 nitrogen and oxygen atoms in total. The number of carbonyl (C=O) groups excluding carboxylic acids is 3. The maximum Gasteiger partial charge on any atom is 0.320 e. The number of ether oxygens (including phenoxy) is 3. The molecule has 0 aromatic heterocycles. The lowest BCUT2D eigenvalue weighted by atomic mass is 9.92. The number of rotatable bonds is 5. The van der Waals surface area contributed by atoms with Gasteiger partial charge in [-0.15, -0.1) is 0 Å². The van der Waals surface area contributed by atoms with Crippen LogP contribution in [0.25, 0.3) is 0 Å². The SMILES string of the molecule is C=C(OC(C)=O)C(C)C(C(=O)OC)C(=O)OC. The molecule has 1 atom stereocenters. The van der Waals surface area contributed by atoms with Crippen molar-refractivity contribution in [3.63, 3.8) is 0 Å². The molecule has 0 aliphatic carbocycles. The molecule has 0 saturated carbocycles. The minimum Gasteiger partial charge on any atom is -0.468 e. The van der Waals surface area contributed by atoms with Gasteiger partial charge >= 0.3 is 17.9 Å². The minimum atomic E-state index is -1.20. The second-order valence-corrected chi connectivity index (χ2v) is 3.37. The Morgan fingerprint density at radius 1 is 1.06 bits per heavy atom. The number of carbonyl (C=O) groups is 3. The molecular weight excluding hydrogens is 228 g/mol. The zero-order chi connectivity index (χ0) is 13.6. The van der Waals surface area contributed by atoms with E-state index in [1.807, 2.05) is 0 Å². The summed E-state index contributed by atoms with van der Waals surface area (Å²) in [6.07, 6.45) is 0. The van der Waals surface area contributed by atoms with Crippen LogP contribution in [0.4, 0.5) is 0 Å². The van der Waals surface area contributed by atoms with E-state index in [2.05, 4.69) is 16.1 Å². The fourth-order valence-electron chi connectivity index (χ4n) is 1.22. The van der Waals surface area contributed by atoms with Crippen LogP contribution in [0.1, 0.15) is 13.8 Å². The smallest absolute Gasteiger partial charge is 0.320 e. The maximum absolute atomic E-state index is 11.4. The van der Waals surface area contributed by atoms with Gasteiger partial charge in [0.25, 0.3) is 0 Å². The third-order valence-corrected chi connectivity index (χ3v) is 2.19. The predicted octanol–water partition coefficient (Wildman–Crippen LogP) is 0.661. The summed E-state index contributed by atoms with van der Waals surface area (Å²) in [4.78, 5) is 33.6. The summed E-state index contributed by atoms with van der Waals surface area (Å²) >= 11 is 0. The summed E-state index contributed by atoms with van der Waals surface area (Å²) in [5.74, 6) is -4.01. The highest BCUT2D eigenvalue weighted by Crippen LogP contribution is 2.23. The summed E-state index contributed by atoms with van der Waals surface area (Å²) in [6, 6.07) is 0. The van der Waals surface area contributed by atoms with E-state index < -0.39 is 29.7 Å². The fourth-order valence-corrected chi connectivity index (χ4v) is 1.22. The van der Waals surface area contributed by atoms with Crippen LogP contribution in [-0.4, -0.2) is 32.1 Å². The molecule has 0 aliphatic rings. The van der Waals surface area contributed by atoms with Crippen LogP contribution in [0.5, 0.6) is 0 Å². The van der Waals surface area contributed by atoms with Crippen LogP contribution in [0, 0.1) is 11.8 Å². The van der Waals surface area contributed by atoms with Gasteiger partial charge in [-0.3, -0.25) is 14.4 Å². The van der Waals surface area contributed by atoms with Gasteiger partial charge in [0.1, 0.15) is 5.76 Å². The van der Waals surface area contributed by atoms with Crippen LogP contribution in [-0.2, 0) is 28.6 Å². The molecule has 1 unspecified atom stereocenters.